The first-order chi connectivity index (χ1) is 13.0. The number of nitrogens with zero attached hydrogens (tertiary/aromatic N) is 3. The van der Waals surface area contributed by atoms with Crippen molar-refractivity contribution >= 4 is 34.2 Å². The maximum atomic E-state index is 13.2. The predicted octanol–water partition coefficient (Wildman–Crippen LogP) is 4.43. The third kappa shape index (κ3) is 3.29. The van der Waals surface area contributed by atoms with Crippen molar-refractivity contribution in [2.45, 2.75) is 13.5 Å². The lowest BCUT2D eigenvalue weighted by Gasteiger charge is -2.07. The number of aromatic nitrogens is 3. The Kier molecular flexibility index (Phi) is 4.37. The first kappa shape index (κ1) is 17.2. The van der Waals surface area contributed by atoms with E-state index in [-0.39, 0.29) is 17.5 Å². The Balaban J connectivity index is 1.63. The van der Waals surface area contributed by atoms with E-state index in [1.54, 1.807) is 12.5 Å². The summed E-state index contributed by atoms with van der Waals surface area (Å²) in [5.41, 5.74) is 2.58. The van der Waals surface area contributed by atoms with Crippen LogP contribution in [0.5, 0.6) is 0 Å². The minimum absolute atomic E-state index is 0.0477. The number of benzene rings is 1. The van der Waals surface area contributed by atoms with Crippen molar-refractivity contribution in [1.29, 1.82) is 0 Å². The molecular weight excluding hydrogens is 371 g/mol. The van der Waals surface area contributed by atoms with E-state index in [2.05, 4.69) is 15.4 Å². The lowest BCUT2D eigenvalue weighted by atomic mass is 10.1. The number of fused-ring (bicyclic) bond motifs is 1. The smallest absolute Gasteiger partial charge is 0.246 e. The van der Waals surface area contributed by atoms with Gasteiger partial charge in [-0.1, -0.05) is 11.6 Å². The fourth-order valence-electron chi connectivity index (χ4n) is 2.94. The van der Waals surface area contributed by atoms with E-state index < -0.39 is 5.82 Å². The van der Waals surface area contributed by atoms with Crippen LogP contribution in [-0.4, -0.2) is 20.7 Å². The summed E-state index contributed by atoms with van der Waals surface area (Å²) in [6.45, 7) is 1.80. The topological polar surface area (TPSA) is 73.0 Å². The molecule has 3 aromatic heterocycles. The Morgan fingerprint density at radius 3 is 2.93 bits per heavy atom. The number of carbonyl (C=O) groups is 1. The molecule has 4 rings (SSSR count). The summed E-state index contributed by atoms with van der Waals surface area (Å²) in [6.07, 6.45) is 3.25. The van der Waals surface area contributed by atoms with Gasteiger partial charge in [-0.3, -0.25) is 4.79 Å². The van der Waals surface area contributed by atoms with Crippen molar-refractivity contribution in [3.63, 3.8) is 0 Å². The van der Waals surface area contributed by atoms with Crippen LogP contribution in [0, 0.1) is 12.7 Å². The van der Waals surface area contributed by atoms with Gasteiger partial charge in [-0.2, -0.15) is 5.10 Å². The number of amides is 1. The molecule has 0 spiro atoms. The summed E-state index contributed by atoms with van der Waals surface area (Å²) in [4.78, 5) is 16.8. The number of anilines is 1. The number of furan rings is 1. The van der Waals surface area contributed by atoms with Crippen molar-refractivity contribution in [3.05, 3.63) is 65.4 Å². The summed E-state index contributed by atoms with van der Waals surface area (Å²) in [6, 6.07) is 9.51. The Hall–Kier alpha value is -3.19. The van der Waals surface area contributed by atoms with E-state index in [9.17, 15) is 9.18 Å². The van der Waals surface area contributed by atoms with E-state index in [0.29, 0.717) is 17.1 Å². The maximum Gasteiger partial charge on any atom is 0.246 e. The van der Waals surface area contributed by atoms with Crippen molar-refractivity contribution in [1.82, 2.24) is 14.8 Å². The molecule has 1 amide bonds. The van der Waals surface area contributed by atoms with Crippen molar-refractivity contribution < 1.29 is 13.6 Å². The lowest BCUT2D eigenvalue weighted by molar-refractivity contribution is -0.116. The third-order valence-corrected chi connectivity index (χ3v) is 4.38. The quantitative estimate of drug-likeness (QED) is 0.565. The summed E-state index contributed by atoms with van der Waals surface area (Å²) in [5.74, 6) is -0.166. The summed E-state index contributed by atoms with van der Waals surface area (Å²) < 4.78 is 20.3. The molecule has 0 unspecified atom stereocenters. The normalized spacial score (nSPS) is 11.1. The highest BCUT2D eigenvalue weighted by molar-refractivity contribution is 6.31. The van der Waals surface area contributed by atoms with E-state index in [4.69, 9.17) is 16.0 Å². The van der Waals surface area contributed by atoms with Crippen molar-refractivity contribution in [2.75, 3.05) is 5.32 Å². The van der Waals surface area contributed by atoms with Gasteiger partial charge in [0, 0.05) is 17.4 Å². The molecule has 8 heteroatoms. The average molecular weight is 385 g/mol. The van der Waals surface area contributed by atoms with Gasteiger partial charge in [-0.05, 0) is 43.3 Å². The van der Waals surface area contributed by atoms with Crippen molar-refractivity contribution in [2.24, 2.45) is 0 Å². The number of aryl methyl sites for hydroxylation is 1. The zero-order valence-corrected chi connectivity index (χ0v) is 15.0. The molecule has 0 aliphatic rings. The molecular formula is C19H14ClFN4O2. The van der Waals surface area contributed by atoms with Gasteiger partial charge in [0.25, 0.3) is 0 Å². The zero-order chi connectivity index (χ0) is 19.0. The SMILES string of the molecule is Cc1nn(CC(=O)Nc2ccc(F)c(Cl)c2)c2nccc(-c3ccco3)c12. The highest BCUT2D eigenvalue weighted by atomic mass is 35.5. The summed E-state index contributed by atoms with van der Waals surface area (Å²) >= 11 is 5.74. The van der Waals surface area contributed by atoms with Gasteiger partial charge in [0.15, 0.2) is 5.65 Å². The van der Waals surface area contributed by atoms with Crippen LogP contribution in [0.2, 0.25) is 5.02 Å². The number of rotatable bonds is 4. The fourth-order valence-corrected chi connectivity index (χ4v) is 3.12. The summed E-state index contributed by atoms with van der Waals surface area (Å²) in [7, 11) is 0. The minimum Gasteiger partial charge on any atom is -0.464 e. The average Bonchev–Trinajstić information content (AvgIpc) is 3.27. The monoisotopic (exact) mass is 384 g/mol. The molecule has 4 aromatic rings. The number of pyridine rings is 1. The molecule has 0 saturated heterocycles. The van der Waals surface area contributed by atoms with Gasteiger partial charge in [0.2, 0.25) is 5.91 Å². The van der Waals surface area contributed by atoms with Gasteiger partial charge in [0.1, 0.15) is 18.1 Å². The van der Waals surface area contributed by atoms with Crippen LogP contribution in [0.25, 0.3) is 22.4 Å². The molecule has 0 radical (unpaired) electrons. The van der Waals surface area contributed by atoms with E-state index >= 15 is 0 Å². The molecule has 3 heterocycles. The lowest BCUT2D eigenvalue weighted by Crippen LogP contribution is -2.19. The fraction of sp³-hybridized carbons (Fsp3) is 0.105. The van der Waals surface area contributed by atoms with Crippen molar-refractivity contribution in [3.8, 4) is 11.3 Å². The standard InChI is InChI=1S/C19H14ClFN4O2/c1-11-18-13(16-3-2-8-27-16)6-7-22-19(18)25(24-11)10-17(26)23-12-4-5-15(21)14(20)9-12/h2-9H,10H2,1H3,(H,23,26). The molecule has 0 saturated carbocycles. The van der Waals surface area contributed by atoms with Crippen LogP contribution >= 0.6 is 11.6 Å². The Morgan fingerprint density at radius 1 is 1.33 bits per heavy atom. The molecule has 136 valence electrons. The molecule has 27 heavy (non-hydrogen) atoms. The minimum atomic E-state index is -0.544. The molecule has 0 aliphatic heterocycles. The Bertz CT molecular complexity index is 1140. The summed E-state index contributed by atoms with van der Waals surface area (Å²) in [5, 5.41) is 7.88. The predicted molar refractivity (Wildman–Crippen MR) is 100 cm³/mol. The van der Waals surface area contributed by atoms with Gasteiger partial charge in [-0.15, -0.1) is 0 Å². The van der Waals surface area contributed by atoms with Crippen LogP contribution in [0.1, 0.15) is 5.69 Å². The maximum absolute atomic E-state index is 13.2. The van der Waals surface area contributed by atoms with Crippen LogP contribution in [-0.2, 0) is 11.3 Å². The Labute approximate surface area is 158 Å². The highest BCUT2D eigenvalue weighted by Crippen LogP contribution is 2.30. The number of halogens is 2. The van der Waals surface area contributed by atoms with E-state index in [0.717, 1.165) is 16.6 Å². The van der Waals surface area contributed by atoms with Crippen LogP contribution in [0.15, 0.2) is 53.3 Å². The molecule has 0 aliphatic carbocycles. The van der Waals surface area contributed by atoms with Crippen LogP contribution < -0.4 is 5.32 Å². The third-order valence-electron chi connectivity index (χ3n) is 4.09. The highest BCUT2D eigenvalue weighted by Gasteiger charge is 2.17. The Morgan fingerprint density at radius 2 is 2.19 bits per heavy atom. The van der Waals surface area contributed by atoms with Crippen LogP contribution in [0.3, 0.4) is 0 Å². The van der Waals surface area contributed by atoms with E-state index in [1.807, 2.05) is 25.1 Å². The second-order valence-electron chi connectivity index (χ2n) is 5.95. The number of carbonyl (C=O) groups excluding carboxylic acids is 1. The first-order valence-electron chi connectivity index (χ1n) is 8.14. The van der Waals surface area contributed by atoms with Crippen LogP contribution in [0.4, 0.5) is 10.1 Å². The largest absolute Gasteiger partial charge is 0.464 e. The first-order valence-corrected chi connectivity index (χ1v) is 8.51. The molecule has 1 aromatic carbocycles. The molecule has 1 N–H and O–H groups in total. The van der Waals surface area contributed by atoms with E-state index in [1.165, 1.54) is 22.9 Å². The molecule has 0 atom stereocenters. The molecule has 0 bridgehead atoms. The van der Waals surface area contributed by atoms with Gasteiger partial charge in [0.05, 0.1) is 22.4 Å². The molecule has 6 nitrogen and oxygen atoms in total. The number of nitrogens with one attached hydrogen (secondary N) is 1. The van der Waals surface area contributed by atoms with Gasteiger partial charge >= 0.3 is 0 Å². The van der Waals surface area contributed by atoms with Gasteiger partial charge < -0.3 is 9.73 Å². The second-order valence-corrected chi connectivity index (χ2v) is 6.36. The zero-order valence-electron chi connectivity index (χ0n) is 14.2. The second kappa shape index (κ2) is 6.85. The number of hydrogen-bond acceptors (Lipinski definition) is 4. The van der Waals surface area contributed by atoms with Gasteiger partial charge in [-0.25, -0.2) is 14.1 Å². The molecule has 0 fully saturated rings. The number of hydrogen-bond donors (Lipinski definition) is 1.